The number of aromatic nitrogens is 1. The summed E-state index contributed by atoms with van der Waals surface area (Å²) in [4.78, 5) is 28.7. The zero-order chi connectivity index (χ0) is 19.0. The van der Waals surface area contributed by atoms with E-state index >= 15 is 0 Å². The Morgan fingerprint density at radius 2 is 2.00 bits per heavy atom. The van der Waals surface area contributed by atoms with Crippen LogP contribution in [-0.2, 0) is 16.0 Å². The van der Waals surface area contributed by atoms with Gasteiger partial charge in [-0.2, -0.15) is 0 Å². The number of amides is 2. The maximum absolute atomic E-state index is 12.3. The summed E-state index contributed by atoms with van der Waals surface area (Å²) >= 11 is 1.47. The number of carbonyl (C=O) groups excluding carboxylic acids is 2. The highest BCUT2D eigenvalue weighted by atomic mass is 32.1. The van der Waals surface area contributed by atoms with Gasteiger partial charge in [0.05, 0.1) is 18.0 Å². The van der Waals surface area contributed by atoms with Crippen molar-refractivity contribution in [3.8, 4) is 11.3 Å². The van der Waals surface area contributed by atoms with Gasteiger partial charge in [-0.05, 0) is 43.7 Å². The number of nitrogens with one attached hydrogen (secondary N) is 2. The predicted octanol–water partition coefficient (Wildman–Crippen LogP) is 4.36. The van der Waals surface area contributed by atoms with E-state index in [-0.39, 0.29) is 24.2 Å². The maximum atomic E-state index is 12.3. The van der Waals surface area contributed by atoms with Crippen molar-refractivity contribution in [2.75, 3.05) is 10.6 Å². The molecule has 0 unspecified atom stereocenters. The summed E-state index contributed by atoms with van der Waals surface area (Å²) in [6.07, 6.45) is 0.236. The van der Waals surface area contributed by atoms with E-state index in [0.29, 0.717) is 0 Å². The van der Waals surface area contributed by atoms with Gasteiger partial charge in [-0.1, -0.05) is 23.8 Å². The summed E-state index contributed by atoms with van der Waals surface area (Å²) in [6.45, 7) is 3.90. The van der Waals surface area contributed by atoms with E-state index in [9.17, 15) is 9.59 Å². The highest BCUT2D eigenvalue weighted by Gasteiger charge is 2.26. The first kappa shape index (κ1) is 17.4. The van der Waals surface area contributed by atoms with E-state index in [4.69, 9.17) is 0 Å². The quantitative estimate of drug-likeness (QED) is 0.710. The van der Waals surface area contributed by atoms with Gasteiger partial charge in [0, 0.05) is 22.3 Å². The van der Waals surface area contributed by atoms with E-state index in [1.807, 2.05) is 61.7 Å². The van der Waals surface area contributed by atoms with E-state index in [1.165, 1.54) is 11.3 Å². The highest BCUT2D eigenvalue weighted by molar-refractivity contribution is 7.10. The van der Waals surface area contributed by atoms with Crippen molar-refractivity contribution < 1.29 is 9.59 Å². The predicted molar refractivity (Wildman–Crippen MR) is 108 cm³/mol. The van der Waals surface area contributed by atoms with Crippen LogP contribution in [0.3, 0.4) is 0 Å². The minimum absolute atomic E-state index is 0.0221. The number of rotatable bonds is 4. The molecule has 6 heteroatoms. The van der Waals surface area contributed by atoms with Crippen molar-refractivity contribution in [1.29, 1.82) is 0 Å². The number of hydrogen-bond acceptors (Lipinski definition) is 4. The first-order valence-corrected chi connectivity index (χ1v) is 9.63. The van der Waals surface area contributed by atoms with Crippen molar-refractivity contribution in [3.05, 3.63) is 64.0 Å². The molecule has 0 fully saturated rings. The van der Waals surface area contributed by atoms with Gasteiger partial charge in [-0.25, -0.2) is 4.98 Å². The van der Waals surface area contributed by atoms with Gasteiger partial charge in [0.15, 0.2) is 0 Å². The molecule has 2 heterocycles. The normalized spacial score (nSPS) is 15.3. The Balaban J connectivity index is 1.47. The van der Waals surface area contributed by atoms with Crippen molar-refractivity contribution >= 4 is 34.5 Å². The van der Waals surface area contributed by atoms with Gasteiger partial charge in [-0.3, -0.25) is 9.59 Å². The molecule has 0 saturated carbocycles. The molecule has 0 bridgehead atoms. The fraction of sp³-hybridized carbons (Fsp3) is 0.190. The molecule has 2 aromatic carbocycles. The molecule has 27 heavy (non-hydrogen) atoms. The van der Waals surface area contributed by atoms with Crippen molar-refractivity contribution in [1.82, 2.24) is 4.98 Å². The van der Waals surface area contributed by atoms with E-state index in [2.05, 4.69) is 15.6 Å². The second-order valence-corrected chi connectivity index (χ2v) is 7.67. The smallest absolute Gasteiger partial charge is 0.231 e. The topological polar surface area (TPSA) is 71.1 Å². The van der Waals surface area contributed by atoms with E-state index in [0.717, 1.165) is 38.8 Å². The Kier molecular flexibility index (Phi) is 4.49. The zero-order valence-corrected chi connectivity index (χ0v) is 15.9. The standard InChI is InChI=1S/C21H19N3O2S/c1-12-3-6-15(7-4-12)22-19(25)10-20-23-18(11-27-20)14-5-8-17-16(9-14)13(2)21(26)24-17/h3-9,11,13H,10H2,1-2H3,(H,22,25)(H,24,26)/t13-/m1/s1. The van der Waals surface area contributed by atoms with Gasteiger partial charge < -0.3 is 10.6 Å². The number of aryl methyl sites for hydroxylation is 1. The largest absolute Gasteiger partial charge is 0.326 e. The molecule has 0 spiro atoms. The third kappa shape index (κ3) is 3.61. The van der Waals surface area contributed by atoms with Crippen molar-refractivity contribution in [3.63, 3.8) is 0 Å². The van der Waals surface area contributed by atoms with Crippen molar-refractivity contribution in [2.45, 2.75) is 26.2 Å². The summed E-state index contributed by atoms with van der Waals surface area (Å²) in [6, 6.07) is 13.6. The number of thiazole rings is 1. The van der Waals surface area contributed by atoms with E-state index in [1.54, 1.807) is 0 Å². The molecule has 3 aromatic rings. The van der Waals surface area contributed by atoms with E-state index < -0.39 is 0 Å². The second-order valence-electron chi connectivity index (χ2n) is 6.73. The summed E-state index contributed by atoms with van der Waals surface area (Å²) in [5.74, 6) is -0.218. The highest BCUT2D eigenvalue weighted by Crippen LogP contribution is 2.35. The Labute approximate surface area is 161 Å². The summed E-state index contributed by atoms with van der Waals surface area (Å²) in [5, 5.41) is 8.48. The van der Waals surface area contributed by atoms with Gasteiger partial charge in [0.2, 0.25) is 11.8 Å². The lowest BCUT2D eigenvalue weighted by molar-refractivity contribution is -0.117. The molecule has 2 N–H and O–H groups in total. The van der Waals surface area contributed by atoms with Crippen LogP contribution in [0.5, 0.6) is 0 Å². The van der Waals surface area contributed by atoms with Crippen LogP contribution in [0.2, 0.25) is 0 Å². The van der Waals surface area contributed by atoms with Crippen LogP contribution < -0.4 is 10.6 Å². The molecule has 0 radical (unpaired) electrons. The molecule has 0 saturated heterocycles. The van der Waals surface area contributed by atoms with Gasteiger partial charge >= 0.3 is 0 Å². The van der Waals surface area contributed by atoms with Crippen LogP contribution >= 0.6 is 11.3 Å². The second kappa shape index (κ2) is 6.96. The van der Waals surface area contributed by atoms with Crippen LogP contribution in [0.15, 0.2) is 47.8 Å². The molecule has 4 rings (SSSR count). The Bertz CT molecular complexity index is 1020. The molecule has 1 atom stereocenters. The number of carbonyl (C=O) groups is 2. The lowest BCUT2D eigenvalue weighted by atomic mass is 10.00. The van der Waals surface area contributed by atoms with Gasteiger partial charge in [0.25, 0.3) is 0 Å². The summed E-state index contributed by atoms with van der Waals surface area (Å²) in [5.41, 5.74) is 5.57. The average Bonchev–Trinajstić information content (AvgIpc) is 3.22. The minimum Gasteiger partial charge on any atom is -0.326 e. The molecule has 136 valence electrons. The van der Waals surface area contributed by atoms with Crippen molar-refractivity contribution in [2.24, 2.45) is 0 Å². The first-order chi connectivity index (χ1) is 13.0. The van der Waals surface area contributed by atoms with Crippen LogP contribution in [-0.4, -0.2) is 16.8 Å². The molecule has 0 aliphatic carbocycles. The van der Waals surface area contributed by atoms with Crippen LogP contribution in [0.4, 0.5) is 11.4 Å². The fourth-order valence-corrected chi connectivity index (χ4v) is 3.88. The fourth-order valence-electron chi connectivity index (χ4n) is 3.08. The Hall–Kier alpha value is -2.99. The minimum atomic E-state index is -0.154. The third-order valence-corrected chi connectivity index (χ3v) is 5.51. The van der Waals surface area contributed by atoms with Crippen LogP contribution in [0.25, 0.3) is 11.3 Å². The average molecular weight is 377 g/mol. The molecule has 2 amide bonds. The van der Waals surface area contributed by atoms with Gasteiger partial charge in [-0.15, -0.1) is 11.3 Å². The zero-order valence-electron chi connectivity index (χ0n) is 15.1. The molecule has 1 aliphatic rings. The Morgan fingerprint density at radius 3 is 2.78 bits per heavy atom. The number of nitrogens with zero attached hydrogens (tertiary/aromatic N) is 1. The Morgan fingerprint density at radius 1 is 1.22 bits per heavy atom. The van der Waals surface area contributed by atoms with Gasteiger partial charge in [0.1, 0.15) is 5.01 Å². The lowest BCUT2D eigenvalue weighted by Crippen LogP contribution is -2.14. The number of fused-ring (bicyclic) bond motifs is 1. The number of hydrogen-bond donors (Lipinski definition) is 2. The summed E-state index contributed by atoms with van der Waals surface area (Å²) in [7, 11) is 0. The molecule has 1 aliphatic heterocycles. The lowest BCUT2D eigenvalue weighted by Gasteiger charge is -2.05. The third-order valence-electron chi connectivity index (χ3n) is 4.66. The molecular formula is C21H19N3O2S. The summed E-state index contributed by atoms with van der Waals surface area (Å²) < 4.78 is 0. The van der Waals surface area contributed by atoms with Crippen LogP contribution in [0, 0.1) is 6.92 Å². The molecule has 1 aromatic heterocycles. The molecule has 5 nitrogen and oxygen atoms in total. The van der Waals surface area contributed by atoms with Crippen LogP contribution in [0.1, 0.15) is 29.0 Å². The first-order valence-electron chi connectivity index (χ1n) is 8.76. The monoisotopic (exact) mass is 377 g/mol. The SMILES string of the molecule is Cc1ccc(NC(=O)Cc2nc(-c3ccc4c(c3)[C@@H](C)C(=O)N4)cs2)cc1. The molecular weight excluding hydrogens is 358 g/mol. The maximum Gasteiger partial charge on any atom is 0.231 e. The number of benzene rings is 2. The number of anilines is 2.